The van der Waals surface area contributed by atoms with Crippen molar-refractivity contribution in [2.75, 3.05) is 6.54 Å². The van der Waals surface area contributed by atoms with Crippen LogP contribution in [0, 0.1) is 0 Å². The lowest BCUT2D eigenvalue weighted by atomic mass is 10.0. The molecule has 1 aromatic carbocycles. The highest BCUT2D eigenvalue weighted by atomic mass is 32.1. The standard InChI is InChI=1S/C12H14N2O3S/c13-10(18)7-8-3-1-2-4-9(8)12(17)14-6-5-11(15)16/h1-4H,5-7H2,(H2,13,18)(H,14,17)(H,15,16). The SMILES string of the molecule is NC(=S)Cc1ccccc1C(=O)NCCC(=O)O. The molecule has 0 atom stereocenters. The lowest BCUT2D eigenvalue weighted by Gasteiger charge is -2.08. The normalized spacial score (nSPS) is 9.78. The molecule has 0 aliphatic heterocycles. The number of hydrogen-bond acceptors (Lipinski definition) is 3. The lowest BCUT2D eigenvalue weighted by molar-refractivity contribution is -0.136. The molecular formula is C12H14N2O3S. The van der Waals surface area contributed by atoms with E-state index in [2.05, 4.69) is 5.32 Å². The van der Waals surface area contributed by atoms with Gasteiger partial charge in [-0.3, -0.25) is 9.59 Å². The van der Waals surface area contributed by atoms with Crippen LogP contribution in [0.25, 0.3) is 0 Å². The van der Waals surface area contributed by atoms with Crippen molar-refractivity contribution in [3.8, 4) is 0 Å². The van der Waals surface area contributed by atoms with Gasteiger partial charge in [-0.05, 0) is 11.6 Å². The third kappa shape index (κ3) is 4.50. The predicted molar refractivity (Wildman–Crippen MR) is 71.5 cm³/mol. The van der Waals surface area contributed by atoms with E-state index in [1.54, 1.807) is 24.3 Å². The van der Waals surface area contributed by atoms with Crippen molar-refractivity contribution >= 4 is 29.1 Å². The van der Waals surface area contributed by atoms with Crippen molar-refractivity contribution in [1.29, 1.82) is 0 Å². The van der Waals surface area contributed by atoms with Crippen molar-refractivity contribution in [2.24, 2.45) is 5.73 Å². The number of carbonyl (C=O) groups is 2. The second kappa shape index (κ2) is 6.70. The van der Waals surface area contributed by atoms with Crippen LogP contribution in [0.4, 0.5) is 0 Å². The summed E-state index contributed by atoms with van der Waals surface area (Å²) in [4.78, 5) is 22.5. The van der Waals surface area contributed by atoms with Gasteiger partial charge < -0.3 is 16.2 Å². The number of thiocarbonyl (C=S) groups is 1. The minimum Gasteiger partial charge on any atom is -0.481 e. The summed E-state index contributed by atoms with van der Waals surface area (Å²) in [6, 6.07) is 6.95. The van der Waals surface area contributed by atoms with E-state index in [0.717, 1.165) is 5.56 Å². The molecule has 0 heterocycles. The number of rotatable bonds is 6. The number of nitrogens with two attached hydrogens (primary N) is 1. The van der Waals surface area contributed by atoms with Crippen LogP contribution >= 0.6 is 12.2 Å². The molecule has 0 bridgehead atoms. The number of amides is 1. The number of nitrogens with one attached hydrogen (secondary N) is 1. The number of carboxylic acid groups (broad SMARTS) is 1. The first-order valence-electron chi connectivity index (χ1n) is 5.37. The zero-order valence-electron chi connectivity index (χ0n) is 9.68. The van der Waals surface area contributed by atoms with Crippen LogP contribution in [-0.2, 0) is 11.2 Å². The van der Waals surface area contributed by atoms with E-state index < -0.39 is 5.97 Å². The maximum absolute atomic E-state index is 11.8. The van der Waals surface area contributed by atoms with Gasteiger partial charge in [0, 0.05) is 18.5 Å². The number of aliphatic carboxylic acids is 1. The Balaban J connectivity index is 2.72. The Hall–Kier alpha value is -1.95. The molecule has 0 unspecified atom stereocenters. The van der Waals surface area contributed by atoms with Crippen molar-refractivity contribution in [2.45, 2.75) is 12.8 Å². The third-order valence-electron chi connectivity index (χ3n) is 2.25. The van der Waals surface area contributed by atoms with Gasteiger partial charge in [0.05, 0.1) is 11.4 Å². The highest BCUT2D eigenvalue weighted by Crippen LogP contribution is 2.09. The van der Waals surface area contributed by atoms with Gasteiger partial charge in [-0.25, -0.2) is 0 Å². The summed E-state index contributed by atoms with van der Waals surface area (Å²) in [6.07, 6.45) is 0.237. The monoisotopic (exact) mass is 266 g/mol. The average Bonchev–Trinajstić information content (AvgIpc) is 2.28. The van der Waals surface area contributed by atoms with Crippen LogP contribution in [-0.4, -0.2) is 28.5 Å². The molecule has 5 nitrogen and oxygen atoms in total. The predicted octanol–water partition coefficient (Wildman–Crippen LogP) is 0.720. The van der Waals surface area contributed by atoms with E-state index in [1.165, 1.54) is 0 Å². The topological polar surface area (TPSA) is 92.4 Å². The summed E-state index contributed by atoms with van der Waals surface area (Å²) >= 11 is 4.81. The Labute approximate surface area is 110 Å². The summed E-state index contributed by atoms with van der Waals surface area (Å²) in [6.45, 7) is 0.0928. The molecule has 0 aromatic heterocycles. The first-order chi connectivity index (χ1) is 8.50. The number of hydrogen-bond donors (Lipinski definition) is 3. The van der Waals surface area contributed by atoms with Gasteiger partial charge in [0.2, 0.25) is 0 Å². The van der Waals surface area contributed by atoms with Crippen molar-refractivity contribution < 1.29 is 14.7 Å². The van der Waals surface area contributed by atoms with Crippen molar-refractivity contribution in [3.63, 3.8) is 0 Å². The first-order valence-corrected chi connectivity index (χ1v) is 5.77. The Kier molecular flexibility index (Phi) is 5.26. The van der Waals surface area contributed by atoms with Gasteiger partial charge in [-0.1, -0.05) is 30.4 Å². The van der Waals surface area contributed by atoms with Crippen LogP contribution in [0.5, 0.6) is 0 Å². The molecule has 0 fully saturated rings. The number of benzene rings is 1. The summed E-state index contributed by atoms with van der Waals surface area (Å²) < 4.78 is 0. The second-order valence-corrected chi connectivity index (χ2v) is 4.22. The van der Waals surface area contributed by atoms with E-state index in [4.69, 9.17) is 23.1 Å². The van der Waals surface area contributed by atoms with E-state index in [-0.39, 0.29) is 18.9 Å². The molecule has 96 valence electrons. The van der Waals surface area contributed by atoms with E-state index >= 15 is 0 Å². The molecule has 0 spiro atoms. The summed E-state index contributed by atoms with van der Waals surface area (Å²) in [5, 5.41) is 11.0. The van der Waals surface area contributed by atoms with Gasteiger partial charge in [-0.15, -0.1) is 0 Å². The van der Waals surface area contributed by atoms with Gasteiger partial charge in [0.15, 0.2) is 0 Å². The molecular weight excluding hydrogens is 252 g/mol. The molecule has 0 aliphatic carbocycles. The molecule has 0 saturated heterocycles. The van der Waals surface area contributed by atoms with E-state index in [9.17, 15) is 9.59 Å². The Morgan fingerprint density at radius 2 is 2.00 bits per heavy atom. The minimum absolute atomic E-state index is 0.0928. The average molecular weight is 266 g/mol. The Morgan fingerprint density at radius 1 is 1.33 bits per heavy atom. The highest BCUT2D eigenvalue weighted by Gasteiger charge is 2.11. The van der Waals surface area contributed by atoms with Crippen LogP contribution in [0.2, 0.25) is 0 Å². The molecule has 1 rings (SSSR count). The summed E-state index contributed by atoms with van der Waals surface area (Å²) in [7, 11) is 0. The van der Waals surface area contributed by atoms with Crippen LogP contribution in [0.3, 0.4) is 0 Å². The van der Waals surface area contributed by atoms with Crippen LogP contribution in [0.1, 0.15) is 22.3 Å². The number of carboxylic acids is 1. The first kappa shape index (κ1) is 14.1. The minimum atomic E-state index is -0.952. The molecule has 1 aromatic rings. The molecule has 0 radical (unpaired) electrons. The zero-order chi connectivity index (χ0) is 13.5. The quantitative estimate of drug-likeness (QED) is 0.660. The van der Waals surface area contributed by atoms with E-state index in [1.807, 2.05) is 0 Å². The van der Waals surface area contributed by atoms with Crippen LogP contribution in [0.15, 0.2) is 24.3 Å². The van der Waals surface area contributed by atoms with E-state index in [0.29, 0.717) is 17.0 Å². The molecule has 18 heavy (non-hydrogen) atoms. The fourth-order valence-corrected chi connectivity index (χ4v) is 1.62. The van der Waals surface area contributed by atoms with Crippen molar-refractivity contribution in [1.82, 2.24) is 5.32 Å². The lowest BCUT2D eigenvalue weighted by Crippen LogP contribution is -2.27. The van der Waals surface area contributed by atoms with Crippen LogP contribution < -0.4 is 11.1 Å². The molecule has 0 aliphatic rings. The summed E-state index contributed by atoms with van der Waals surface area (Å²) in [5.41, 5.74) is 6.66. The van der Waals surface area contributed by atoms with Gasteiger partial charge >= 0.3 is 5.97 Å². The maximum atomic E-state index is 11.8. The largest absolute Gasteiger partial charge is 0.481 e. The van der Waals surface area contributed by atoms with Gasteiger partial charge in [0.25, 0.3) is 5.91 Å². The fraction of sp³-hybridized carbons (Fsp3) is 0.250. The van der Waals surface area contributed by atoms with Crippen molar-refractivity contribution in [3.05, 3.63) is 35.4 Å². The maximum Gasteiger partial charge on any atom is 0.305 e. The Bertz CT molecular complexity index is 474. The molecule has 0 saturated carbocycles. The van der Waals surface area contributed by atoms with Gasteiger partial charge in [0.1, 0.15) is 0 Å². The molecule has 4 N–H and O–H groups in total. The smallest absolute Gasteiger partial charge is 0.305 e. The highest BCUT2D eigenvalue weighted by molar-refractivity contribution is 7.80. The summed E-state index contributed by atoms with van der Waals surface area (Å²) in [5.74, 6) is -1.27. The molecule has 1 amide bonds. The third-order valence-corrected chi connectivity index (χ3v) is 2.40. The second-order valence-electron chi connectivity index (χ2n) is 3.70. The molecule has 6 heteroatoms. The Morgan fingerprint density at radius 3 is 2.61 bits per heavy atom. The fourth-order valence-electron chi connectivity index (χ4n) is 1.46. The zero-order valence-corrected chi connectivity index (χ0v) is 10.5. The van der Waals surface area contributed by atoms with Gasteiger partial charge in [-0.2, -0.15) is 0 Å². The number of carbonyl (C=O) groups excluding carboxylic acids is 1.